The average molecular weight is 435 g/mol. The van der Waals surface area contributed by atoms with Crippen LogP contribution in [0.3, 0.4) is 0 Å². The van der Waals surface area contributed by atoms with E-state index in [4.69, 9.17) is 18.8 Å². The molecule has 166 valence electrons. The van der Waals surface area contributed by atoms with Crippen molar-refractivity contribution < 1.29 is 41.6 Å². The van der Waals surface area contributed by atoms with Crippen LogP contribution in [-0.2, 0) is 38.7 Å². The van der Waals surface area contributed by atoms with Gasteiger partial charge in [0.25, 0.3) is 0 Å². The molecule has 9 nitrogen and oxygen atoms in total. The zero-order chi connectivity index (χ0) is 22.7. The molecular formula is C19H30O9S. The number of hydrogen-bond donors (Lipinski definition) is 1. The Morgan fingerprint density at radius 1 is 0.897 bits per heavy atom. The molecule has 0 fully saturated rings. The third-order valence-electron chi connectivity index (χ3n) is 3.94. The smallest absolute Gasteiger partial charge is 0.333 e. The second-order valence-electron chi connectivity index (χ2n) is 6.94. The van der Waals surface area contributed by atoms with Gasteiger partial charge in [-0.2, -0.15) is 8.42 Å². The van der Waals surface area contributed by atoms with E-state index in [9.17, 15) is 22.8 Å². The fourth-order valence-corrected chi connectivity index (χ4v) is 2.49. The molecule has 0 radical (unpaired) electrons. The summed E-state index contributed by atoms with van der Waals surface area (Å²) in [7, 11) is -4.58. The van der Waals surface area contributed by atoms with Crippen LogP contribution in [0.15, 0.2) is 24.3 Å². The monoisotopic (exact) mass is 434 g/mol. The van der Waals surface area contributed by atoms with E-state index in [-0.39, 0.29) is 17.6 Å². The Morgan fingerprint density at radius 3 is 1.76 bits per heavy atom. The average Bonchev–Trinajstić information content (AvgIpc) is 2.63. The van der Waals surface area contributed by atoms with E-state index in [0.717, 1.165) is 19.3 Å². The van der Waals surface area contributed by atoms with Gasteiger partial charge in [0.2, 0.25) is 5.94 Å². The highest BCUT2D eigenvalue weighted by atomic mass is 32.2. The molecule has 1 N–H and O–H groups in total. The third-order valence-corrected chi connectivity index (χ3v) is 4.35. The van der Waals surface area contributed by atoms with Crippen LogP contribution in [0.5, 0.6) is 0 Å². The predicted octanol–water partition coefficient (Wildman–Crippen LogP) is 2.57. The fourth-order valence-electron chi connectivity index (χ4n) is 2.23. The third kappa shape index (κ3) is 10.8. The van der Waals surface area contributed by atoms with Gasteiger partial charge in [0, 0.05) is 11.1 Å². The minimum atomic E-state index is -4.58. The molecule has 0 atom stereocenters. The molecule has 0 heterocycles. The first-order valence-corrected chi connectivity index (χ1v) is 10.7. The molecular weight excluding hydrogens is 404 g/mol. The van der Waals surface area contributed by atoms with Crippen molar-refractivity contribution in [3.05, 3.63) is 24.3 Å². The lowest BCUT2D eigenvalue weighted by Gasteiger charge is -2.30. The van der Waals surface area contributed by atoms with Crippen LogP contribution in [0, 0.1) is 5.41 Å². The van der Waals surface area contributed by atoms with Gasteiger partial charge in [-0.15, -0.1) is 0 Å². The summed E-state index contributed by atoms with van der Waals surface area (Å²) in [5, 5.41) is 0. The standard InChI is InChI=1S/C19H30O9S/c1-6-7-8-9-10-19(11-26-16(20)14(2)3,12-27-17(21)15(4)5)18(22)28-13-29(23,24)25/h2,4,6-13H2,1,3,5H3,(H,23,24,25). The number of esters is 3. The summed E-state index contributed by atoms with van der Waals surface area (Å²) in [4.78, 5) is 36.4. The van der Waals surface area contributed by atoms with Gasteiger partial charge in [-0.05, 0) is 20.3 Å². The van der Waals surface area contributed by atoms with Gasteiger partial charge < -0.3 is 14.2 Å². The summed E-state index contributed by atoms with van der Waals surface area (Å²) in [6.07, 6.45) is 3.16. The van der Waals surface area contributed by atoms with Crippen LogP contribution in [0.2, 0.25) is 0 Å². The van der Waals surface area contributed by atoms with E-state index in [2.05, 4.69) is 13.2 Å². The summed E-state index contributed by atoms with van der Waals surface area (Å²) < 4.78 is 45.7. The molecule has 0 aromatic carbocycles. The van der Waals surface area contributed by atoms with Crippen molar-refractivity contribution in [1.29, 1.82) is 0 Å². The quantitative estimate of drug-likeness (QED) is 0.144. The van der Waals surface area contributed by atoms with Crippen molar-refractivity contribution >= 4 is 28.0 Å². The van der Waals surface area contributed by atoms with E-state index in [1.165, 1.54) is 13.8 Å². The number of hydrogen-bond acceptors (Lipinski definition) is 8. The van der Waals surface area contributed by atoms with Crippen molar-refractivity contribution in [1.82, 2.24) is 0 Å². The van der Waals surface area contributed by atoms with Crippen molar-refractivity contribution in [2.24, 2.45) is 5.41 Å². The number of carbonyl (C=O) groups is 3. The minimum Gasteiger partial charge on any atom is -0.461 e. The van der Waals surface area contributed by atoms with Crippen LogP contribution in [0.1, 0.15) is 52.9 Å². The molecule has 0 aromatic heterocycles. The molecule has 0 aliphatic heterocycles. The van der Waals surface area contributed by atoms with Crippen LogP contribution in [-0.4, -0.2) is 50.0 Å². The Kier molecular flexibility index (Phi) is 11.4. The first kappa shape index (κ1) is 26.8. The largest absolute Gasteiger partial charge is 0.461 e. The van der Waals surface area contributed by atoms with Crippen molar-refractivity contribution in [2.45, 2.75) is 52.9 Å². The maximum absolute atomic E-state index is 12.7. The molecule has 0 unspecified atom stereocenters. The van der Waals surface area contributed by atoms with Gasteiger partial charge in [0.15, 0.2) is 0 Å². The SMILES string of the molecule is C=C(C)C(=O)OCC(CCCCCC)(COC(=O)C(=C)C)C(=O)OCS(=O)(=O)O. The summed E-state index contributed by atoms with van der Waals surface area (Å²) in [5.74, 6) is -3.88. The maximum atomic E-state index is 12.7. The van der Waals surface area contributed by atoms with E-state index in [1.54, 1.807) is 0 Å². The maximum Gasteiger partial charge on any atom is 0.333 e. The van der Waals surface area contributed by atoms with Crippen molar-refractivity contribution in [3.63, 3.8) is 0 Å². The van der Waals surface area contributed by atoms with Gasteiger partial charge in [-0.1, -0.05) is 45.8 Å². The highest BCUT2D eigenvalue weighted by Crippen LogP contribution is 2.30. The van der Waals surface area contributed by atoms with Crippen LogP contribution >= 0.6 is 0 Å². The first-order chi connectivity index (χ1) is 13.3. The van der Waals surface area contributed by atoms with Crippen molar-refractivity contribution in [3.8, 4) is 0 Å². The van der Waals surface area contributed by atoms with Gasteiger partial charge in [-0.3, -0.25) is 9.35 Å². The molecule has 0 aliphatic carbocycles. The zero-order valence-electron chi connectivity index (χ0n) is 17.2. The van der Waals surface area contributed by atoms with Crippen LogP contribution < -0.4 is 0 Å². The Morgan fingerprint density at radius 2 is 1.38 bits per heavy atom. The molecule has 0 rings (SSSR count). The molecule has 0 aliphatic rings. The second kappa shape index (κ2) is 12.4. The summed E-state index contributed by atoms with van der Waals surface area (Å²) in [6, 6.07) is 0. The zero-order valence-corrected chi connectivity index (χ0v) is 18.0. The summed E-state index contributed by atoms with van der Waals surface area (Å²) in [6.45, 7) is 10.7. The van der Waals surface area contributed by atoms with Crippen LogP contribution in [0.4, 0.5) is 0 Å². The molecule has 0 saturated heterocycles. The lowest BCUT2D eigenvalue weighted by Crippen LogP contribution is -2.43. The molecule has 0 amide bonds. The predicted molar refractivity (Wildman–Crippen MR) is 105 cm³/mol. The minimum absolute atomic E-state index is 0.0927. The van der Waals surface area contributed by atoms with Gasteiger partial charge in [0.05, 0.1) is 0 Å². The van der Waals surface area contributed by atoms with E-state index in [1.807, 2.05) is 6.92 Å². The van der Waals surface area contributed by atoms with Crippen LogP contribution in [0.25, 0.3) is 0 Å². The molecule has 0 spiro atoms. The molecule has 0 bridgehead atoms. The summed E-state index contributed by atoms with van der Waals surface area (Å²) >= 11 is 0. The number of ether oxygens (including phenoxy) is 3. The molecule has 0 saturated carbocycles. The second-order valence-corrected chi connectivity index (χ2v) is 8.34. The highest BCUT2D eigenvalue weighted by molar-refractivity contribution is 7.85. The Balaban J connectivity index is 5.68. The van der Waals surface area contributed by atoms with Gasteiger partial charge in [0.1, 0.15) is 18.6 Å². The molecule has 10 heteroatoms. The van der Waals surface area contributed by atoms with Gasteiger partial charge in [-0.25, -0.2) is 9.59 Å². The Bertz CT molecular complexity index is 692. The highest BCUT2D eigenvalue weighted by Gasteiger charge is 2.43. The van der Waals surface area contributed by atoms with E-state index >= 15 is 0 Å². The lowest BCUT2D eigenvalue weighted by atomic mass is 9.83. The fraction of sp³-hybridized carbons (Fsp3) is 0.632. The number of carbonyl (C=O) groups excluding carboxylic acids is 3. The topological polar surface area (TPSA) is 133 Å². The summed E-state index contributed by atoms with van der Waals surface area (Å²) in [5.41, 5.74) is -1.46. The Labute approximate surface area is 171 Å². The molecule has 29 heavy (non-hydrogen) atoms. The Hall–Kier alpha value is -2.20. The van der Waals surface area contributed by atoms with E-state index in [0.29, 0.717) is 6.42 Å². The first-order valence-electron chi connectivity index (χ1n) is 9.12. The van der Waals surface area contributed by atoms with Gasteiger partial charge >= 0.3 is 28.0 Å². The number of unbranched alkanes of at least 4 members (excludes halogenated alkanes) is 3. The molecule has 0 aromatic rings. The normalized spacial score (nSPS) is 11.4. The van der Waals surface area contributed by atoms with E-state index < -0.39 is 52.6 Å². The van der Waals surface area contributed by atoms with Crippen molar-refractivity contribution in [2.75, 3.05) is 19.2 Å². The number of rotatable bonds is 14. The lowest BCUT2D eigenvalue weighted by molar-refractivity contribution is -0.169.